The van der Waals surface area contributed by atoms with Gasteiger partial charge in [0.25, 0.3) is 0 Å². The van der Waals surface area contributed by atoms with Crippen LogP contribution in [0, 0.1) is 0 Å². The predicted molar refractivity (Wildman–Crippen MR) is 71.1 cm³/mol. The van der Waals surface area contributed by atoms with Crippen molar-refractivity contribution in [2.45, 2.75) is 45.4 Å². The van der Waals surface area contributed by atoms with E-state index in [1.165, 1.54) is 25.0 Å². The van der Waals surface area contributed by atoms with Crippen molar-refractivity contribution < 1.29 is 0 Å². The summed E-state index contributed by atoms with van der Waals surface area (Å²) in [5, 5.41) is 0. The second-order valence-corrected chi connectivity index (χ2v) is 5.28. The van der Waals surface area contributed by atoms with Gasteiger partial charge < -0.3 is 4.90 Å². The molecule has 0 radical (unpaired) electrons. The summed E-state index contributed by atoms with van der Waals surface area (Å²) in [6, 6.07) is 4.31. The molecular formula is C14H24N2. The van der Waals surface area contributed by atoms with Crippen LogP contribution < -0.4 is 4.90 Å². The molecule has 0 amide bonds. The lowest BCUT2D eigenvalue weighted by Crippen LogP contribution is -2.19. The summed E-state index contributed by atoms with van der Waals surface area (Å²) < 4.78 is 0. The van der Waals surface area contributed by atoms with E-state index in [4.69, 9.17) is 0 Å². The van der Waals surface area contributed by atoms with Gasteiger partial charge in [-0.15, -0.1) is 0 Å². The minimum absolute atomic E-state index is 0.195. The molecule has 0 aliphatic heterocycles. The fourth-order valence-corrected chi connectivity index (χ4v) is 1.80. The summed E-state index contributed by atoms with van der Waals surface area (Å²) in [5.74, 6) is 0. The molecule has 0 spiro atoms. The Morgan fingerprint density at radius 2 is 1.94 bits per heavy atom. The third kappa shape index (κ3) is 3.22. The SMILES string of the molecule is CCCCC(C)(C)c1ccc(N(C)C)cn1. The standard InChI is InChI=1S/C14H24N2/c1-6-7-10-14(2,3)13-9-8-12(11-15-13)16(4)5/h8-9,11H,6-7,10H2,1-5H3. The molecule has 90 valence electrons. The fraction of sp³-hybridized carbons (Fsp3) is 0.643. The van der Waals surface area contributed by atoms with Crippen molar-refractivity contribution in [3.63, 3.8) is 0 Å². The van der Waals surface area contributed by atoms with Crippen LogP contribution in [0.4, 0.5) is 5.69 Å². The molecule has 0 saturated heterocycles. The maximum atomic E-state index is 4.58. The summed E-state index contributed by atoms with van der Waals surface area (Å²) >= 11 is 0. The van der Waals surface area contributed by atoms with E-state index in [1.807, 2.05) is 20.3 Å². The lowest BCUT2D eigenvalue weighted by Gasteiger charge is -2.24. The molecule has 1 aromatic rings. The molecule has 0 aliphatic carbocycles. The number of unbranched alkanes of at least 4 members (excludes halogenated alkanes) is 1. The summed E-state index contributed by atoms with van der Waals surface area (Å²) in [7, 11) is 4.08. The van der Waals surface area contributed by atoms with Crippen molar-refractivity contribution >= 4 is 5.69 Å². The third-order valence-electron chi connectivity index (χ3n) is 3.11. The van der Waals surface area contributed by atoms with Gasteiger partial charge in [-0.05, 0) is 18.6 Å². The maximum Gasteiger partial charge on any atom is 0.0547 e. The molecule has 1 rings (SSSR count). The first-order chi connectivity index (χ1) is 7.47. The van der Waals surface area contributed by atoms with Gasteiger partial charge in [-0.25, -0.2) is 0 Å². The van der Waals surface area contributed by atoms with Crippen LogP contribution in [-0.4, -0.2) is 19.1 Å². The van der Waals surface area contributed by atoms with Crippen LogP contribution in [0.25, 0.3) is 0 Å². The largest absolute Gasteiger partial charge is 0.376 e. The number of aromatic nitrogens is 1. The Hall–Kier alpha value is -1.05. The van der Waals surface area contributed by atoms with Crippen LogP contribution in [0.5, 0.6) is 0 Å². The van der Waals surface area contributed by atoms with Gasteiger partial charge >= 0.3 is 0 Å². The van der Waals surface area contributed by atoms with E-state index in [9.17, 15) is 0 Å². The van der Waals surface area contributed by atoms with Gasteiger partial charge in [-0.1, -0.05) is 33.6 Å². The minimum atomic E-state index is 0.195. The summed E-state index contributed by atoms with van der Waals surface area (Å²) in [5.41, 5.74) is 2.56. The van der Waals surface area contributed by atoms with Gasteiger partial charge in [0.15, 0.2) is 0 Å². The van der Waals surface area contributed by atoms with Gasteiger partial charge in [-0.3, -0.25) is 4.98 Å². The average Bonchev–Trinajstić information content (AvgIpc) is 2.26. The quantitative estimate of drug-likeness (QED) is 0.753. The Kier molecular flexibility index (Phi) is 4.34. The smallest absolute Gasteiger partial charge is 0.0547 e. The zero-order valence-electron chi connectivity index (χ0n) is 11.2. The summed E-state index contributed by atoms with van der Waals surface area (Å²) in [6.07, 6.45) is 5.68. The molecule has 2 nitrogen and oxygen atoms in total. The van der Waals surface area contributed by atoms with Crippen molar-refractivity contribution in [3.8, 4) is 0 Å². The molecular weight excluding hydrogens is 196 g/mol. The Balaban J connectivity index is 2.79. The number of rotatable bonds is 5. The summed E-state index contributed by atoms with van der Waals surface area (Å²) in [6.45, 7) is 6.79. The Bertz CT molecular complexity index is 312. The van der Waals surface area contributed by atoms with Crippen molar-refractivity contribution in [2.24, 2.45) is 0 Å². The molecule has 2 heteroatoms. The highest BCUT2D eigenvalue weighted by Gasteiger charge is 2.21. The molecule has 16 heavy (non-hydrogen) atoms. The van der Waals surface area contributed by atoms with Gasteiger partial charge in [-0.2, -0.15) is 0 Å². The molecule has 0 aromatic carbocycles. The maximum absolute atomic E-state index is 4.58. The Labute approximate surface area is 99.7 Å². The lowest BCUT2D eigenvalue weighted by atomic mass is 9.83. The van der Waals surface area contributed by atoms with Gasteiger partial charge in [0.1, 0.15) is 0 Å². The monoisotopic (exact) mass is 220 g/mol. The topological polar surface area (TPSA) is 16.1 Å². The first kappa shape index (κ1) is 13.0. The molecule has 0 saturated carbocycles. The van der Waals surface area contributed by atoms with Crippen LogP contribution in [0.2, 0.25) is 0 Å². The van der Waals surface area contributed by atoms with Crippen LogP contribution in [0.3, 0.4) is 0 Å². The van der Waals surface area contributed by atoms with Crippen LogP contribution in [0.15, 0.2) is 18.3 Å². The number of hydrogen-bond donors (Lipinski definition) is 0. The molecule has 0 bridgehead atoms. The highest BCUT2D eigenvalue weighted by atomic mass is 15.1. The minimum Gasteiger partial charge on any atom is -0.376 e. The molecule has 0 aliphatic rings. The zero-order valence-corrected chi connectivity index (χ0v) is 11.2. The lowest BCUT2D eigenvalue weighted by molar-refractivity contribution is 0.445. The van der Waals surface area contributed by atoms with E-state index in [2.05, 4.69) is 42.8 Å². The molecule has 0 unspecified atom stereocenters. The van der Waals surface area contributed by atoms with Crippen LogP contribution in [0.1, 0.15) is 45.7 Å². The number of hydrogen-bond acceptors (Lipinski definition) is 2. The number of nitrogens with zero attached hydrogens (tertiary/aromatic N) is 2. The molecule has 1 aromatic heterocycles. The van der Waals surface area contributed by atoms with E-state index in [0.717, 1.165) is 5.69 Å². The van der Waals surface area contributed by atoms with Gasteiger partial charge in [0.05, 0.1) is 11.9 Å². The number of anilines is 1. The number of pyridine rings is 1. The molecule has 0 N–H and O–H groups in total. The molecule has 1 heterocycles. The third-order valence-corrected chi connectivity index (χ3v) is 3.11. The highest BCUT2D eigenvalue weighted by Crippen LogP contribution is 2.28. The van der Waals surface area contributed by atoms with E-state index >= 15 is 0 Å². The first-order valence-corrected chi connectivity index (χ1v) is 6.11. The van der Waals surface area contributed by atoms with Gasteiger partial charge in [0.2, 0.25) is 0 Å². The Morgan fingerprint density at radius 1 is 1.25 bits per heavy atom. The molecule has 0 atom stereocenters. The van der Waals surface area contributed by atoms with Crippen molar-refractivity contribution in [1.82, 2.24) is 4.98 Å². The normalized spacial score (nSPS) is 11.6. The van der Waals surface area contributed by atoms with Crippen LogP contribution >= 0.6 is 0 Å². The zero-order chi connectivity index (χ0) is 12.2. The predicted octanol–water partition coefficient (Wildman–Crippen LogP) is 3.62. The Morgan fingerprint density at radius 3 is 2.38 bits per heavy atom. The van der Waals surface area contributed by atoms with Gasteiger partial charge in [0, 0.05) is 25.2 Å². The summed E-state index contributed by atoms with van der Waals surface area (Å²) in [4.78, 5) is 6.66. The van der Waals surface area contributed by atoms with Crippen LogP contribution in [-0.2, 0) is 5.41 Å². The average molecular weight is 220 g/mol. The fourth-order valence-electron chi connectivity index (χ4n) is 1.80. The van der Waals surface area contributed by atoms with E-state index in [-0.39, 0.29) is 5.41 Å². The van der Waals surface area contributed by atoms with Crippen molar-refractivity contribution in [1.29, 1.82) is 0 Å². The van der Waals surface area contributed by atoms with E-state index in [0.29, 0.717) is 0 Å². The molecule has 0 fully saturated rings. The van der Waals surface area contributed by atoms with E-state index in [1.54, 1.807) is 0 Å². The van der Waals surface area contributed by atoms with Crippen molar-refractivity contribution in [3.05, 3.63) is 24.0 Å². The van der Waals surface area contributed by atoms with E-state index < -0.39 is 0 Å². The first-order valence-electron chi connectivity index (χ1n) is 6.11. The highest BCUT2D eigenvalue weighted by molar-refractivity contribution is 5.43. The second-order valence-electron chi connectivity index (χ2n) is 5.28. The second kappa shape index (κ2) is 5.33. The van der Waals surface area contributed by atoms with Crippen molar-refractivity contribution in [2.75, 3.05) is 19.0 Å².